The van der Waals surface area contributed by atoms with E-state index in [4.69, 9.17) is 10.2 Å². The second kappa shape index (κ2) is 7.91. The van der Waals surface area contributed by atoms with Gasteiger partial charge in [0.05, 0.1) is 18.9 Å². The predicted molar refractivity (Wildman–Crippen MR) is 90.8 cm³/mol. The van der Waals surface area contributed by atoms with Crippen molar-refractivity contribution in [3.8, 4) is 0 Å². The molecule has 1 aromatic rings. The highest BCUT2D eigenvalue weighted by molar-refractivity contribution is 6.37. The van der Waals surface area contributed by atoms with Crippen molar-refractivity contribution in [3.63, 3.8) is 0 Å². The summed E-state index contributed by atoms with van der Waals surface area (Å²) in [6, 6.07) is 4.44. The Balaban J connectivity index is 2.41. The molecule has 1 heterocycles. The van der Waals surface area contributed by atoms with Crippen LogP contribution >= 0.6 is 0 Å². The van der Waals surface area contributed by atoms with Crippen LogP contribution in [0.4, 0.5) is 10.5 Å². The molecule has 0 atom stereocenters. The molecule has 0 bridgehead atoms. The number of amides is 4. The molecule has 2 rings (SSSR count). The maximum Gasteiger partial charge on any atom is 0.335 e. The maximum atomic E-state index is 12.8. The van der Waals surface area contributed by atoms with E-state index in [1.54, 1.807) is 19.1 Å². The molecule has 0 saturated carbocycles. The first-order chi connectivity index (χ1) is 11.9. The molecule has 25 heavy (non-hydrogen) atoms. The van der Waals surface area contributed by atoms with Gasteiger partial charge >= 0.3 is 6.03 Å². The number of benzene rings is 1. The molecular weight excluding hydrogens is 326 g/mol. The molecule has 4 amide bonds. The van der Waals surface area contributed by atoms with Crippen LogP contribution in [0, 0.1) is 13.8 Å². The van der Waals surface area contributed by atoms with E-state index in [1.807, 2.05) is 13.0 Å². The van der Waals surface area contributed by atoms with Crippen molar-refractivity contribution in [3.05, 3.63) is 41.1 Å². The van der Waals surface area contributed by atoms with Gasteiger partial charge in [0.2, 0.25) is 0 Å². The van der Waals surface area contributed by atoms with E-state index in [1.165, 1.54) is 11.1 Å². The summed E-state index contributed by atoms with van der Waals surface area (Å²) in [4.78, 5) is 39.4. The molecular formula is C17H21N3O5. The standard InChI is InChI=1S/C17H21N3O5/c1-11-3-4-14(12(2)9-11)20-16(24)13(15(23)18-17(20)25)10-19(5-7-21)6-8-22/h3-4,9-10,21-22H,5-8H2,1-2H3,(H,18,23,25)/b13-10+. The largest absolute Gasteiger partial charge is 0.395 e. The number of carbonyl (C=O) groups is 3. The van der Waals surface area contributed by atoms with Gasteiger partial charge in [-0.15, -0.1) is 0 Å². The quantitative estimate of drug-likeness (QED) is 0.496. The van der Waals surface area contributed by atoms with Gasteiger partial charge in [-0.1, -0.05) is 17.7 Å². The zero-order chi connectivity index (χ0) is 18.6. The van der Waals surface area contributed by atoms with E-state index >= 15 is 0 Å². The molecule has 0 aliphatic carbocycles. The lowest BCUT2D eigenvalue weighted by atomic mass is 10.1. The zero-order valence-corrected chi connectivity index (χ0v) is 14.2. The number of hydrogen-bond acceptors (Lipinski definition) is 6. The van der Waals surface area contributed by atoms with E-state index in [9.17, 15) is 14.4 Å². The lowest BCUT2D eigenvalue weighted by molar-refractivity contribution is -0.122. The first-order valence-corrected chi connectivity index (χ1v) is 7.83. The summed E-state index contributed by atoms with van der Waals surface area (Å²) in [5.41, 5.74) is 1.86. The van der Waals surface area contributed by atoms with Gasteiger partial charge in [0.1, 0.15) is 5.57 Å². The number of hydrogen-bond donors (Lipinski definition) is 3. The van der Waals surface area contributed by atoms with Gasteiger partial charge in [0, 0.05) is 19.3 Å². The lowest BCUT2D eigenvalue weighted by Gasteiger charge is -2.29. The number of aliphatic hydroxyl groups excluding tert-OH is 2. The minimum Gasteiger partial charge on any atom is -0.395 e. The molecule has 3 N–H and O–H groups in total. The Labute approximate surface area is 145 Å². The normalized spacial score (nSPS) is 16.4. The number of aryl methyl sites for hydroxylation is 2. The highest BCUT2D eigenvalue weighted by Gasteiger charge is 2.37. The van der Waals surface area contributed by atoms with Crippen molar-refractivity contribution < 1.29 is 24.6 Å². The zero-order valence-electron chi connectivity index (χ0n) is 14.2. The van der Waals surface area contributed by atoms with Crippen LogP contribution < -0.4 is 10.2 Å². The fourth-order valence-corrected chi connectivity index (χ4v) is 2.60. The Kier molecular flexibility index (Phi) is 5.89. The Hall–Kier alpha value is -2.71. The Morgan fingerprint density at radius 1 is 1.12 bits per heavy atom. The second-order valence-electron chi connectivity index (χ2n) is 5.72. The van der Waals surface area contributed by atoms with E-state index < -0.39 is 17.8 Å². The van der Waals surface area contributed by atoms with Crippen molar-refractivity contribution in [1.82, 2.24) is 10.2 Å². The van der Waals surface area contributed by atoms with Gasteiger partial charge in [0.25, 0.3) is 11.8 Å². The molecule has 0 spiro atoms. The number of aliphatic hydroxyl groups is 2. The van der Waals surface area contributed by atoms with Gasteiger partial charge in [0.15, 0.2) is 0 Å². The number of anilines is 1. The number of urea groups is 1. The van der Waals surface area contributed by atoms with Crippen molar-refractivity contribution in [2.24, 2.45) is 0 Å². The smallest absolute Gasteiger partial charge is 0.335 e. The molecule has 134 valence electrons. The van der Waals surface area contributed by atoms with Crippen molar-refractivity contribution in [2.45, 2.75) is 13.8 Å². The predicted octanol–water partition coefficient (Wildman–Crippen LogP) is 0.0567. The molecule has 1 fully saturated rings. The number of nitrogens with zero attached hydrogens (tertiary/aromatic N) is 2. The minimum absolute atomic E-state index is 0.141. The summed E-state index contributed by atoms with van der Waals surface area (Å²) >= 11 is 0. The topological polar surface area (TPSA) is 110 Å². The van der Waals surface area contributed by atoms with Crippen LogP contribution in [0.5, 0.6) is 0 Å². The second-order valence-corrected chi connectivity index (χ2v) is 5.72. The van der Waals surface area contributed by atoms with E-state index in [0.29, 0.717) is 5.69 Å². The van der Waals surface area contributed by atoms with Gasteiger partial charge in [-0.3, -0.25) is 14.9 Å². The summed E-state index contributed by atoms with van der Waals surface area (Å²) in [6.07, 6.45) is 1.26. The Morgan fingerprint density at radius 2 is 1.76 bits per heavy atom. The molecule has 1 aromatic carbocycles. The summed E-state index contributed by atoms with van der Waals surface area (Å²) in [5, 5.41) is 20.3. The van der Waals surface area contributed by atoms with Gasteiger partial charge in [-0.25, -0.2) is 9.69 Å². The summed E-state index contributed by atoms with van der Waals surface area (Å²) in [5.74, 6) is -1.56. The van der Waals surface area contributed by atoms with Crippen LogP contribution in [0.2, 0.25) is 0 Å². The van der Waals surface area contributed by atoms with Crippen molar-refractivity contribution >= 4 is 23.5 Å². The number of nitrogens with one attached hydrogen (secondary N) is 1. The monoisotopic (exact) mass is 347 g/mol. The van der Waals surface area contributed by atoms with Crippen LogP contribution in [-0.2, 0) is 9.59 Å². The lowest BCUT2D eigenvalue weighted by Crippen LogP contribution is -2.55. The summed E-state index contributed by atoms with van der Waals surface area (Å²) in [6.45, 7) is 3.53. The number of rotatable bonds is 6. The maximum absolute atomic E-state index is 12.8. The van der Waals surface area contributed by atoms with Crippen LogP contribution in [-0.4, -0.2) is 59.3 Å². The van der Waals surface area contributed by atoms with Crippen LogP contribution in [0.3, 0.4) is 0 Å². The molecule has 8 nitrogen and oxygen atoms in total. The summed E-state index contributed by atoms with van der Waals surface area (Å²) in [7, 11) is 0. The van der Waals surface area contributed by atoms with Crippen LogP contribution in [0.25, 0.3) is 0 Å². The summed E-state index contributed by atoms with van der Waals surface area (Å²) < 4.78 is 0. The van der Waals surface area contributed by atoms with Crippen LogP contribution in [0.1, 0.15) is 11.1 Å². The average molecular weight is 347 g/mol. The highest BCUT2D eigenvalue weighted by Crippen LogP contribution is 2.25. The third kappa shape index (κ3) is 4.04. The Bertz CT molecular complexity index is 723. The molecule has 0 unspecified atom stereocenters. The molecule has 1 aliphatic rings. The third-order valence-corrected chi connectivity index (χ3v) is 3.78. The van der Waals surface area contributed by atoms with Gasteiger partial charge in [-0.2, -0.15) is 0 Å². The molecule has 1 saturated heterocycles. The van der Waals surface area contributed by atoms with E-state index in [2.05, 4.69) is 5.32 Å². The highest BCUT2D eigenvalue weighted by atomic mass is 16.3. The van der Waals surface area contributed by atoms with Crippen molar-refractivity contribution in [1.29, 1.82) is 0 Å². The first-order valence-electron chi connectivity index (χ1n) is 7.83. The fraction of sp³-hybridized carbons (Fsp3) is 0.353. The fourth-order valence-electron chi connectivity index (χ4n) is 2.60. The Morgan fingerprint density at radius 3 is 2.32 bits per heavy atom. The number of carbonyl (C=O) groups excluding carboxylic acids is 3. The molecule has 0 radical (unpaired) electrons. The first kappa shape index (κ1) is 18.6. The average Bonchev–Trinajstić information content (AvgIpc) is 2.53. The SMILES string of the molecule is Cc1ccc(N2C(=O)NC(=O)/C(=C\N(CCO)CCO)C2=O)c(C)c1. The number of imide groups is 2. The molecule has 1 aliphatic heterocycles. The van der Waals surface area contributed by atoms with Crippen LogP contribution in [0.15, 0.2) is 30.0 Å². The minimum atomic E-state index is -0.810. The van der Waals surface area contributed by atoms with E-state index in [-0.39, 0.29) is 31.9 Å². The van der Waals surface area contributed by atoms with Crippen molar-refractivity contribution in [2.75, 3.05) is 31.2 Å². The van der Waals surface area contributed by atoms with E-state index in [0.717, 1.165) is 16.0 Å². The molecule has 8 heteroatoms. The molecule has 0 aromatic heterocycles. The number of barbiturate groups is 1. The van der Waals surface area contributed by atoms with Gasteiger partial charge < -0.3 is 15.1 Å². The van der Waals surface area contributed by atoms with Gasteiger partial charge in [-0.05, 0) is 25.5 Å². The third-order valence-electron chi connectivity index (χ3n) is 3.78.